The van der Waals surface area contributed by atoms with Gasteiger partial charge >= 0.3 is 6.09 Å². The summed E-state index contributed by atoms with van der Waals surface area (Å²) in [5, 5.41) is 16.8. The second kappa shape index (κ2) is 5.68. The zero-order valence-corrected chi connectivity index (χ0v) is 11.2. The first-order chi connectivity index (χ1) is 9.52. The van der Waals surface area contributed by atoms with Crippen molar-refractivity contribution in [2.45, 2.75) is 6.92 Å². The Hall–Kier alpha value is -2.45. The lowest BCUT2D eigenvalue weighted by Crippen LogP contribution is -2.49. The van der Waals surface area contributed by atoms with Crippen LogP contribution >= 0.6 is 0 Å². The number of nitrogens with one attached hydrogen (secondary N) is 1. The summed E-state index contributed by atoms with van der Waals surface area (Å²) in [6.07, 6.45) is -0.318. The number of carbonyl (C=O) groups excluding carboxylic acids is 1. The molecular weight excluding hydrogens is 264 g/mol. The molecule has 9 heteroatoms. The molecule has 4 N–H and O–H groups in total. The Balaban J connectivity index is 2.04. The van der Waals surface area contributed by atoms with Crippen LogP contribution < -0.4 is 16.3 Å². The molecule has 0 aromatic carbocycles. The third-order valence-corrected chi connectivity index (χ3v) is 3.07. The third kappa shape index (κ3) is 2.76. The number of nitrogen functional groups attached to an aromatic ring is 1. The summed E-state index contributed by atoms with van der Waals surface area (Å²) < 4.78 is 5.45. The normalized spacial score (nSPS) is 15.2. The van der Waals surface area contributed by atoms with Crippen LogP contribution in [0.25, 0.3) is 0 Å². The van der Waals surface area contributed by atoms with Crippen LogP contribution in [-0.2, 0) is 4.74 Å². The van der Waals surface area contributed by atoms with E-state index < -0.39 is 0 Å². The van der Waals surface area contributed by atoms with E-state index in [-0.39, 0.29) is 17.5 Å². The van der Waals surface area contributed by atoms with Gasteiger partial charge in [0, 0.05) is 32.2 Å². The molecule has 0 radical (unpaired) electrons. The quantitative estimate of drug-likeness (QED) is 0.626. The van der Waals surface area contributed by atoms with Gasteiger partial charge in [0.25, 0.3) is 5.62 Å². The highest BCUT2D eigenvalue weighted by Crippen LogP contribution is 2.14. The van der Waals surface area contributed by atoms with Gasteiger partial charge in [0.1, 0.15) is 11.6 Å². The number of amides is 1. The average molecular weight is 282 g/mol. The minimum absolute atomic E-state index is 0.0489. The smallest absolute Gasteiger partial charge is 0.409 e. The van der Waals surface area contributed by atoms with E-state index in [1.54, 1.807) is 11.8 Å². The number of rotatable bonds is 2. The second-order valence-electron chi connectivity index (χ2n) is 4.35. The Kier molecular flexibility index (Phi) is 3.97. The summed E-state index contributed by atoms with van der Waals surface area (Å²) in [6, 6.07) is 1.50. The number of hydrogen-bond donors (Lipinski definition) is 3. The Morgan fingerprint density at radius 3 is 2.70 bits per heavy atom. The maximum atomic E-state index is 11.6. The molecule has 1 aromatic heterocycles. The van der Waals surface area contributed by atoms with E-state index in [1.165, 1.54) is 6.07 Å². The molecule has 110 valence electrons. The number of hydrogen-bond acceptors (Lipinski definition) is 7. The molecule has 20 heavy (non-hydrogen) atoms. The fourth-order valence-electron chi connectivity index (χ4n) is 2.00. The molecule has 1 fully saturated rings. The van der Waals surface area contributed by atoms with Crippen LogP contribution in [0.15, 0.2) is 6.07 Å². The summed E-state index contributed by atoms with van der Waals surface area (Å²) in [5.74, 6) is 0.564. The van der Waals surface area contributed by atoms with Crippen molar-refractivity contribution in [2.24, 2.45) is 0 Å². The van der Waals surface area contributed by atoms with Crippen molar-refractivity contribution in [3.8, 4) is 0 Å². The van der Waals surface area contributed by atoms with Gasteiger partial charge in [0.15, 0.2) is 0 Å². The highest BCUT2D eigenvalue weighted by atomic mass is 16.6. The molecule has 1 aliphatic heterocycles. The van der Waals surface area contributed by atoms with E-state index in [4.69, 9.17) is 15.9 Å². The van der Waals surface area contributed by atoms with E-state index in [9.17, 15) is 10.0 Å². The summed E-state index contributed by atoms with van der Waals surface area (Å²) in [5.41, 5.74) is 5.26. The number of nitrogens with zero attached hydrogens (tertiary/aromatic N) is 4. The predicted molar refractivity (Wildman–Crippen MR) is 70.5 cm³/mol. The predicted octanol–water partition coefficient (Wildman–Crippen LogP) is -0.539. The fourth-order valence-corrected chi connectivity index (χ4v) is 2.00. The van der Waals surface area contributed by atoms with Crippen molar-refractivity contribution in [1.82, 2.24) is 14.6 Å². The molecule has 1 aromatic rings. The molecule has 1 amide bonds. The first kappa shape index (κ1) is 14.0. The molecule has 0 atom stereocenters. The molecule has 0 saturated carbocycles. The van der Waals surface area contributed by atoms with Crippen LogP contribution in [0.1, 0.15) is 6.92 Å². The number of anilines is 2. The molecule has 0 aliphatic carbocycles. The Bertz CT molecular complexity index is 550. The van der Waals surface area contributed by atoms with Gasteiger partial charge in [-0.05, 0) is 6.92 Å². The SMILES string of the molecule is CCOC(=O)N1CCN(c2cc(N)n(O)c(=N)n2)CC1. The van der Waals surface area contributed by atoms with Gasteiger partial charge in [0.2, 0.25) is 0 Å². The van der Waals surface area contributed by atoms with Gasteiger partial charge < -0.3 is 25.5 Å². The van der Waals surface area contributed by atoms with Crippen LogP contribution in [0.4, 0.5) is 16.4 Å². The molecule has 0 bridgehead atoms. The van der Waals surface area contributed by atoms with Crippen LogP contribution in [0.3, 0.4) is 0 Å². The van der Waals surface area contributed by atoms with E-state index in [0.717, 1.165) is 0 Å². The van der Waals surface area contributed by atoms with E-state index in [1.807, 2.05) is 4.90 Å². The first-order valence-electron chi connectivity index (χ1n) is 6.33. The Morgan fingerprint density at radius 1 is 1.50 bits per heavy atom. The van der Waals surface area contributed by atoms with Crippen LogP contribution in [0.5, 0.6) is 0 Å². The molecule has 1 aliphatic rings. The molecule has 0 unspecified atom stereocenters. The maximum absolute atomic E-state index is 11.6. The zero-order valence-electron chi connectivity index (χ0n) is 11.2. The second-order valence-corrected chi connectivity index (χ2v) is 4.35. The molecule has 9 nitrogen and oxygen atoms in total. The summed E-state index contributed by atoms with van der Waals surface area (Å²) in [4.78, 5) is 19.1. The van der Waals surface area contributed by atoms with Crippen molar-refractivity contribution >= 4 is 17.7 Å². The van der Waals surface area contributed by atoms with Gasteiger partial charge in [-0.1, -0.05) is 0 Å². The van der Waals surface area contributed by atoms with Gasteiger partial charge in [-0.15, -0.1) is 4.73 Å². The highest BCUT2D eigenvalue weighted by Gasteiger charge is 2.23. The minimum atomic E-state index is -0.326. The maximum Gasteiger partial charge on any atom is 0.409 e. The molecule has 2 rings (SSSR count). The van der Waals surface area contributed by atoms with E-state index in [0.29, 0.717) is 43.3 Å². The first-order valence-corrected chi connectivity index (χ1v) is 6.33. The summed E-state index contributed by atoms with van der Waals surface area (Å²) >= 11 is 0. The van der Waals surface area contributed by atoms with Gasteiger partial charge in [0.05, 0.1) is 6.61 Å². The van der Waals surface area contributed by atoms with E-state index in [2.05, 4.69) is 4.98 Å². The van der Waals surface area contributed by atoms with Crippen molar-refractivity contribution in [1.29, 1.82) is 5.41 Å². The number of ether oxygens (including phenoxy) is 1. The third-order valence-electron chi connectivity index (χ3n) is 3.07. The van der Waals surface area contributed by atoms with Crippen LogP contribution in [0, 0.1) is 5.41 Å². The summed E-state index contributed by atoms with van der Waals surface area (Å²) in [7, 11) is 0. The Labute approximate surface area is 115 Å². The summed E-state index contributed by atoms with van der Waals surface area (Å²) in [6.45, 7) is 4.29. The topological polar surface area (TPSA) is 121 Å². The largest absolute Gasteiger partial charge is 0.450 e. The van der Waals surface area contributed by atoms with Gasteiger partial charge in [-0.3, -0.25) is 5.41 Å². The lowest BCUT2D eigenvalue weighted by Gasteiger charge is -2.34. The highest BCUT2D eigenvalue weighted by molar-refractivity contribution is 5.68. The van der Waals surface area contributed by atoms with Crippen molar-refractivity contribution < 1.29 is 14.7 Å². The van der Waals surface area contributed by atoms with Crippen molar-refractivity contribution in [3.05, 3.63) is 11.7 Å². The number of piperazine rings is 1. The lowest BCUT2D eigenvalue weighted by atomic mass is 10.3. The van der Waals surface area contributed by atoms with Gasteiger partial charge in [-0.2, -0.15) is 4.98 Å². The number of nitrogens with two attached hydrogens (primary N) is 1. The van der Waals surface area contributed by atoms with Crippen molar-refractivity contribution in [2.75, 3.05) is 43.4 Å². The fraction of sp³-hybridized carbons (Fsp3) is 0.545. The van der Waals surface area contributed by atoms with Crippen molar-refractivity contribution in [3.63, 3.8) is 0 Å². The molecule has 2 heterocycles. The molecular formula is C11H18N6O3. The van der Waals surface area contributed by atoms with Gasteiger partial charge in [-0.25, -0.2) is 4.79 Å². The standard InChI is InChI=1S/C11H18N6O3/c1-2-20-11(18)16-5-3-15(4-6-16)9-7-8(12)17(19)10(13)14-9/h7,13,19H,2-6,12H2,1H3. The van der Waals surface area contributed by atoms with Crippen LogP contribution in [-0.4, -0.2) is 58.7 Å². The molecule has 1 saturated heterocycles. The monoisotopic (exact) mass is 282 g/mol. The van der Waals surface area contributed by atoms with E-state index >= 15 is 0 Å². The average Bonchev–Trinajstić information content (AvgIpc) is 2.44. The lowest BCUT2D eigenvalue weighted by molar-refractivity contribution is 0.105. The number of aromatic nitrogens is 2. The van der Waals surface area contributed by atoms with Crippen LogP contribution in [0.2, 0.25) is 0 Å². The zero-order chi connectivity index (χ0) is 14.7. The Morgan fingerprint density at radius 2 is 2.15 bits per heavy atom. The minimum Gasteiger partial charge on any atom is -0.450 e. The number of carbonyl (C=O) groups is 1. The molecule has 0 spiro atoms.